The van der Waals surface area contributed by atoms with Gasteiger partial charge in [0.2, 0.25) is 0 Å². The summed E-state index contributed by atoms with van der Waals surface area (Å²) in [5, 5.41) is 4.96. The number of anilines is 2. The lowest BCUT2D eigenvalue weighted by molar-refractivity contribution is 0.101. The third kappa shape index (κ3) is 4.13. The molecule has 2 N–H and O–H groups in total. The number of hydrogen-bond donors (Lipinski definition) is 2. The van der Waals surface area contributed by atoms with Crippen molar-refractivity contribution in [1.82, 2.24) is 0 Å². The summed E-state index contributed by atoms with van der Waals surface area (Å²) < 4.78 is 14.2. The minimum Gasteiger partial charge on any atom is -0.308 e. The maximum absolute atomic E-state index is 13.5. The van der Waals surface area contributed by atoms with E-state index in [-0.39, 0.29) is 11.5 Å². The van der Waals surface area contributed by atoms with E-state index in [0.29, 0.717) is 15.7 Å². The van der Waals surface area contributed by atoms with E-state index in [4.69, 9.17) is 0 Å². The number of Topliss-reactive ketones (excluding diaryl/α,β-unsaturated/α-hetero) is 1. The Hall–Kier alpha value is -2.21. The van der Waals surface area contributed by atoms with E-state index in [9.17, 15) is 14.0 Å². The highest BCUT2D eigenvalue weighted by molar-refractivity contribution is 9.10. The van der Waals surface area contributed by atoms with E-state index in [1.54, 1.807) is 24.3 Å². The van der Waals surface area contributed by atoms with Crippen LogP contribution in [0.2, 0.25) is 0 Å². The van der Waals surface area contributed by atoms with Crippen LogP contribution in [0, 0.1) is 5.82 Å². The van der Waals surface area contributed by atoms with Crippen molar-refractivity contribution in [2.24, 2.45) is 0 Å². The molecule has 0 spiro atoms. The monoisotopic (exact) mass is 350 g/mol. The van der Waals surface area contributed by atoms with Crippen LogP contribution in [0.5, 0.6) is 0 Å². The summed E-state index contributed by atoms with van der Waals surface area (Å²) in [5.74, 6) is -0.636. The topological polar surface area (TPSA) is 58.2 Å². The van der Waals surface area contributed by atoms with Crippen molar-refractivity contribution < 1.29 is 14.0 Å². The minimum atomic E-state index is -0.590. The Kier molecular flexibility index (Phi) is 4.70. The lowest BCUT2D eigenvalue weighted by atomic mass is 10.1. The summed E-state index contributed by atoms with van der Waals surface area (Å²) in [6.45, 7) is 1.44. The maximum Gasteiger partial charge on any atom is 0.323 e. The van der Waals surface area contributed by atoms with Crippen molar-refractivity contribution in [3.63, 3.8) is 0 Å². The number of urea groups is 1. The Bertz CT molecular complexity index is 704. The lowest BCUT2D eigenvalue weighted by Crippen LogP contribution is -2.20. The first-order chi connectivity index (χ1) is 9.95. The third-order valence-electron chi connectivity index (χ3n) is 2.70. The molecule has 0 aliphatic rings. The fourth-order valence-corrected chi connectivity index (χ4v) is 2.05. The van der Waals surface area contributed by atoms with E-state index >= 15 is 0 Å². The summed E-state index contributed by atoms with van der Waals surface area (Å²) >= 11 is 3.20. The van der Waals surface area contributed by atoms with Crippen LogP contribution in [0.1, 0.15) is 17.3 Å². The maximum atomic E-state index is 13.5. The molecule has 0 aliphatic heterocycles. The molecule has 0 unspecified atom stereocenters. The highest BCUT2D eigenvalue weighted by atomic mass is 79.9. The van der Waals surface area contributed by atoms with Gasteiger partial charge in [-0.1, -0.05) is 28.1 Å². The van der Waals surface area contributed by atoms with Gasteiger partial charge in [0.1, 0.15) is 5.82 Å². The number of hydrogen-bond acceptors (Lipinski definition) is 2. The average Bonchev–Trinajstić information content (AvgIpc) is 2.43. The zero-order chi connectivity index (χ0) is 15.4. The molecule has 0 fully saturated rings. The SMILES string of the molecule is CC(=O)c1cccc(NC(=O)Nc2cc(Br)ccc2F)c1. The van der Waals surface area contributed by atoms with Crippen LogP contribution < -0.4 is 10.6 Å². The van der Waals surface area contributed by atoms with Gasteiger partial charge in [-0.25, -0.2) is 9.18 Å². The van der Waals surface area contributed by atoms with Crippen molar-refractivity contribution in [3.05, 3.63) is 58.3 Å². The fourth-order valence-electron chi connectivity index (χ4n) is 1.69. The smallest absolute Gasteiger partial charge is 0.308 e. The number of halogens is 2. The Morgan fingerprint density at radius 2 is 1.86 bits per heavy atom. The molecule has 108 valence electrons. The van der Waals surface area contributed by atoms with Crippen molar-refractivity contribution in [2.45, 2.75) is 6.92 Å². The summed E-state index contributed by atoms with van der Waals surface area (Å²) in [5.41, 5.74) is 1.00. The average molecular weight is 351 g/mol. The van der Waals surface area contributed by atoms with E-state index in [2.05, 4.69) is 26.6 Å². The summed E-state index contributed by atoms with van der Waals surface area (Å²) in [7, 11) is 0. The number of carbonyl (C=O) groups excluding carboxylic acids is 2. The summed E-state index contributed by atoms with van der Waals surface area (Å²) in [4.78, 5) is 23.1. The van der Waals surface area contributed by atoms with Crippen molar-refractivity contribution >= 4 is 39.1 Å². The number of rotatable bonds is 3. The van der Waals surface area contributed by atoms with E-state index in [0.717, 1.165) is 0 Å². The van der Waals surface area contributed by atoms with Gasteiger partial charge in [-0.3, -0.25) is 4.79 Å². The van der Waals surface area contributed by atoms with Crippen LogP contribution in [-0.4, -0.2) is 11.8 Å². The molecule has 0 atom stereocenters. The first-order valence-electron chi connectivity index (χ1n) is 6.10. The highest BCUT2D eigenvalue weighted by Gasteiger charge is 2.08. The third-order valence-corrected chi connectivity index (χ3v) is 3.20. The number of carbonyl (C=O) groups is 2. The van der Waals surface area contributed by atoms with Crippen LogP contribution in [0.4, 0.5) is 20.6 Å². The van der Waals surface area contributed by atoms with Crippen LogP contribution >= 0.6 is 15.9 Å². The molecule has 0 saturated carbocycles. The van der Waals surface area contributed by atoms with Crippen molar-refractivity contribution in [1.29, 1.82) is 0 Å². The Labute approximate surface area is 129 Å². The first kappa shape index (κ1) is 15.2. The minimum absolute atomic E-state index is 0.0598. The van der Waals surface area contributed by atoms with E-state index < -0.39 is 11.8 Å². The van der Waals surface area contributed by atoms with Crippen LogP contribution in [0.3, 0.4) is 0 Å². The second-order valence-corrected chi connectivity index (χ2v) is 5.26. The second-order valence-electron chi connectivity index (χ2n) is 4.34. The zero-order valence-electron chi connectivity index (χ0n) is 11.1. The normalized spacial score (nSPS) is 10.0. The van der Waals surface area contributed by atoms with E-state index in [1.807, 2.05) is 0 Å². The lowest BCUT2D eigenvalue weighted by Gasteiger charge is -2.09. The molecule has 0 heterocycles. The molecule has 21 heavy (non-hydrogen) atoms. The number of amides is 2. The van der Waals surface area contributed by atoms with Gasteiger partial charge >= 0.3 is 6.03 Å². The predicted molar refractivity (Wildman–Crippen MR) is 83.2 cm³/mol. The molecule has 6 heteroatoms. The van der Waals surface area contributed by atoms with Gasteiger partial charge < -0.3 is 10.6 Å². The Balaban J connectivity index is 2.10. The molecular formula is C15H12BrFN2O2. The molecular weight excluding hydrogens is 339 g/mol. The molecule has 2 aromatic rings. The van der Waals surface area contributed by atoms with Crippen molar-refractivity contribution in [3.8, 4) is 0 Å². The van der Waals surface area contributed by atoms with Gasteiger partial charge in [0.05, 0.1) is 5.69 Å². The predicted octanol–water partition coefficient (Wildman–Crippen LogP) is 4.43. The van der Waals surface area contributed by atoms with Gasteiger partial charge in [-0.2, -0.15) is 0 Å². The molecule has 0 radical (unpaired) electrons. The van der Waals surface area contributed by atoms with Gasteiger partial charge in [0.15, 0.2) is 5.78 Å². The molecule has 2 aromatic carbocycles. The second kappa shape index (κ2) is 6.49. The van der Waals surface area contributed by atoms with Crippen LogP contribution in [-0.2, 0) is 0 Å². The highest BCUT2D eigenvalue weighted by Crippen LogP contribution is 2.20. The van der Waals surface area contributed by atoms with Crippen LogP contribution in [0.15, 0.2) is 46.9 Å². The molecule has 4 nitrogen and oxygen atoms in total. The molecule has 0 saturated heterocycles. The van der Waals surface area contributed by atoms with Gasteiger partial charge in [0, 0.05) is 15.7 Å². The Morgan fingerprint density at radius 3 is 2.57 bits per heavy atom. The van der Waals surface area contributed by atoms with Gasteiger partial charge in [-0.05, 0) is 37.3 Å². The molecule has 2 rings (SSSR count). The summed E-state index contributed by atoms with van der Waals surface area (Å²) in [6, 6.07) is 10.2. The standard InChI is InChI=1S/C15H12BrFN2O2/c1-9(20)10-3-2-4-12(7-10)18-15(21)19-14-8-11(16)5-6-13(14)17/h2-8H,1H3,(H2,18,19,21). The molecule has 0 bridgehead atoms. The molecule has 0 aromatic heterocycles. The largest absolute Gasteiger partial charge is 0.323 e. The van der Waals surface area contributed by atoms with Gasteiger partial charge in [-0.15, -0.1) is 0 Å². The van der Waals surface area contributed by atoms with E-state index in [1.165, 1.54) is 25.1 Å². The van der Waals surface area contributed by atoms with Crippen LogP contribution in [0.25, 0.3) is 0 Å². The number of nitrogens with one attached hydrogen (secondary N) is 2. The molecule has 2 amide bonds. The number of ketones is 1. The fraction of sp³-hybridized carbons (Fsp3) is 0.0667. The summed E-state index contributed by atoms with van der Waals surface area (Å²) in [6.07, 6.45) is 0. The van der Waals surface area contributed by atoms with Gasteiger partial charge in [0.25, 0.3) is 0 Å². The quantitative estimate of drug-likeness (QED) is 0.804. The Morgan fingerprint density at radius 1 is 1.10 bits per heavy atom. The molecule has 0 aliphatic carbocycles. The zero-order valence-corrected chi connectivity index (χ0v) is 12.7. The number of benzene rings is 2. The van der Waals surface area contributed by atoms with Crippen molar-refractivity contribution in [2.75, 3.05) is 10.6 Å². The first-order valence-corrected chi connectivity index (χ1v) is 6.89.